The molecule has 0 atom stereocenters. The third-order valence-electron chi connectivity index (χ3n) is 2.62. The SMILES string of the molecule is CCOC(=O)Nc1ccc(Nc2ccc(F)c(F)c2)cc1. The van der Waals surface area contributed by atoms with Crippen molar-refractivity contribution in [2.45, 2.75) is 6.92 Å². The number of benzene rings is 2. The maximum absolute atomic E-state index is 13.1. The maximum atomic E-state index is 13.1. The van der Waals surface area contributed by atoms with E-state index in [1.165, 1.54) is 6.07 Å². The molecule has 1 amide bonds. The summed E-state index contributed by atoms with van der Waals surface area (Å²) in [5, 5.41) is 5.48. The highest BCUT2D eigenvalue weighted by molar-refractivity contribution is 5.84. The average molecular weight is 292 g/mol. The summed E-state index contributed by atoms with van der Waals surface area (Å²) in [5.74, 6) is -1.81. The van der Waals surface area contributed by atoms with Gasteiger partial charge in [-0.15, -0.1) is 0 Å². The Morgan fingerprint density at radius 1 is 1.00 bits per heavy atom. The Balaban J connectivity index is 2.01. The van der Waals surface area contributed by atoms with Crippen LogP contribution in [0.3, 0.4) is 0 Å². The van der Waals surface area contributed by atoms with E-state index < -0.39 is 17.7 Å². The number of ether oxygens (including phenoxy) is 1. The topological polar surface area (TPSA) is 50.4 Å². The first-order chi connectivity index (χ1) is 10.1. The fourth-order valence-electron chi connectivity index (χ4n) is 1.66. The summed E-state index contributed by atoms with van der Waals surface area (Å²) >= 11 is 0. The summed E-state index contributed by atoms with van der Waals surface area (Å²) in [5.41, 5.74) is 1.68. The fraction of sp³-hybridized carbons (Fsp3) is 0.133. The number of amides is 1. The zero-order chi connectivity index (χ0) is 15.2. The monoisotopic (exact) mass is 292 g/mol. The number of carbonyl (C=O) groups excluding carboxylic acids is 1. The van der Waals surface area contributed by atoms with E-state index in [-0.39, 0.29) is 0 Å². The van der Waals surface area contributed by atoms with Crippen LogP contribution >= 0.6 is 0 Å². The van der Waals surface area contributed by atoms with E-state index in [0.29, 0.717) is 23.7 Å². The van der Waals surface area contributed by atoms with Crippen LogP contribution in [0, 0.1) is 11.6 Å². The summed E-state index contributed by atoms with van der Waals surface area (Å²) in [6.07, 6.45) is -0.529. The van der Waals surface area contributed by atoms with Crippen molar-refractivity contribution in [1.82, 2.24) is 0 Å². The van der Waals surface area contributed by atoms with Crippen molar-refractivity contribution < 1.29 is 18.3 Å². The van der Waals surface area contributed by atoms with Crippen LogP contribution in [0.4, 0.5) is 30.6 Å². The largest absolute Gasteiger partial charge is 0.450 e. The normalized spacial score (nSPS) is 10.0. The van der Waals surface area contributed by atoms with Crippen LogP contribution in [-0.4, -0.2) is 12.7 Å². The minimum atomic E-state index is -0.916. The number of hydrogen-bond acceptors (Lipinski definition) is 3. The van der Waals surface area contributed by atoms with Crippen molar-refractivity contribution >= 4 is 23.2 Å². The molecule has 2 N–H and O–H groups in total. The first kappa shape index (κ1) is 14.8. The zero-order valence-corrected chi connectivity index (χ0v) is 11.3. The molecule has 0 bridgehead atoms. The van der Waals surface area contributed by atoms with Gasteiger partial charge >= 0.3 is 6.09 Å². The van der Waals surface area contributed by atoms with Crippen LogP contribution in [0.2, 0.25) is 0 Å². The van der Waals surface area contributed by atoms with E-state index in [9.17, 15) is 13.6 Å². The van der Waals surface area contributed by atoms with Crippen molar-refractivity contribution in [3.63, 3.8) is 0 Å². The number of carbonyl (C=O) groups is 1. The minimum Gasteiger partial charge on any atom is -0.450 e. The Kier molecular flexibility index (Phi) is 4.71. The van der Waals surface area contributed by atoms with Crippen molar-refractivity contribution in [3.05, 3.63) is 54.1 Å². The molecular formula is C15H14F2N2O2. The maximum Gasteiger partial charge on any atom is 0.411 e. The van der Waals surface area contributed by atoms with E-state index >= 15 is 0 Å². The molecule has 2 rings (SSSR count). The number of rotatable bonds is 4. The van der Waals surface area contributed by atoms with Crippen molar-refractivity contribution in [1.29, 1.82) is 0 Å². The van der Waals surface area contributed by atoms with Gasteiger partial charge in [0, 0.05) is 23.1 Å². The molecule has 0 radical (unpaired) electrons. The molecular weight excluding hydrogens is 278 g/mol. The minimum absolute atomic E-state index is 0.293. The predicted molar refractivity (Wildman–Crippen MR) is 76.7 cm³/mol. The van der Waals surface area contributed by atoms with Gasteiger partial charge in [0.1, 0.15) is 0 Å². The van der Waals surface area contributed by atoms with Gasteiger partial charge in [0.25, 0.3) is 0 Å². The second kappa shape index (κ2) is 6.69. The molecule has 0 unspecified atom stereocenters. The van der Waals surface area contributed by atoms with E-state index in [1.807, 2.05) is 0 Å². The van der Waals surface area contributed by atoms with Crippen LogP contribution < -0.4 is 10.6 Å². The molecule has 0 aliphatic carbocycles. The van der Waals surface area contributed by atoms with Gasteiger partial charge in [-0.1, -0.05) is 0 Å². The summed E-state index contributed by atoms with van der Waals surface area (Å²) in [6, 6.07) is 10.3. The molecule has 4 nitrogen and oxygen atoms in total. The fourth-order valence-corrected chi connectivity index (χ4v) is 1.66. The molecule has 0 aliphatic heterocycles. The van der Waals surface area contributed by atoms with Crippen molar-refractivity contribution in [3.8, 4) is 0 Å². The highest BCUT2D eigenvalue weighted by atomic mass is 19.2. The summed E-state index contributed by atoms with van der Waals surface area (Å²) in [6.45, 7) is 2.01. The van der Waals surface area contributed by atoms with Crippen LogP contribution in [0.1, 0.15) is 6.92 Å². The Morgan fingerprint density at radius 2 is 1.62 bits per heavy atom. The second-order valence-corrected chi connectivity index (χ2v) is 4.18. The standard InChI is InChI=1S/C15H14F2N2O2/c1-2-21-15(20)19-11-5-3-10(4-6-11)18-12-7-8-13(16)14(17)9-12/h3-9,18H,2H2,1H3,(H,19,20). The van der Waals surface area contributed by atoms with Gasteiger partial charge in [-0.3, -0.25) is 5.32 Å². The van der Waals surface area contributed by atoms with Crippen LogP contribution in [0.15, 0.2) is 42.5 Å². The van der Waals surface area contributed by atoms with E-state index in [4.69, 9.17) is 4.74 Å². The molecule has 0 saturated carbocycles. The Morgan fingerprint density at radius 3 is 2.24 bits per heavy atom. The second-order valence-electron chi connectivity index (χ2n) is 4.18. The number of halogens is 2. The quantitative estimate of drug-likeness (QED) is 0.884. The molecule has 2 aromatic carbocycles. The summed E-state index contributed by atoms with van der Waals surface area (Å²) < 4.78 is 30.7. The Hall–Kier alpha value is -2.63. The molecule has 21 heavy (non-hydrogen) atoms. The van der Waals surface area contributed by atoms with E-state index in [2.05, 4.69) is 10.6 Å². The van der Waals surface area contributed by atoms with Gasteiger partial charge in [-0.2, -0.15) is 0 Å². The van der Waals surface area contributed by atoms with Crippen molar-refractivity contribution in [2.24, 2.45) is 0 Å². The van der Waals surface area contributed by atoms with Gasteiger partial charge in [0.15, 0.2) is 11.6 Å². The molecule has 110 valence electrons. The van der Waals surface area contributed by atoms with Gasteiger partial charge in [-0.25, -0.2) is 13.6 Å². The van der Waals surface area contributed by atoms with Gasteiger partial charge in [0.2, 0.25) is 0 Å². The number of nitrogens with one attached hydrogen (secondary N) is 2. The molecule has 0 aliphatic rings. The Labute approximate surface area is 120 Å². The van der Waals surface area contributed by atoms with Crippen LogP contribution in [-0.2, 0) is 4.74 Å². The molecule has 0 saturated heterocycles. The molecule has 0 heterocycles. The lowest BCUT2D eigenvalue weighted by Crippen LogP contribution is -2.13. The highest BCUT2D eigenvalue weighted by Crippen LogP contribution is 2.20. The summed E-state index contributed by atoms with van der Waals surface area (Å²) in [7, 11) is 0. The average Bonchev–Trinajstić information content (AvgIpc) is 2.45. The van der Waals surface area contributed by atoms with Gasteiger partial charge in [-0.05, 0) is 43.3 Å². The third-order valence-corrected chi connectivity index (χ3v) is 2.62. The lowest BCUT2D eigenvalue weighted by atomic mass is 10.2. The molecule has 2 aromatic rings. The molecule has 6 heteroatoms. The summed E-state index contributed by atoms with van der Waals surface area (Å²) in [4.78, 5) is 11.2. The smallest absolute Gasteiger partial charge is 0.411 e. The first-order valence-corrected chi connectivity index (χ1v) is 6.34. The van der Waals surface area contributed by atoms with Crippen LogP contribution in [0.5, 0.6) is 0 Å². The molecule has 0 aromatic heterocycles. The number of anilines is 3. The molecule has 0 spiro atoms. The van der Waals surface area contributed by atoms with Gasteiger partial charge < -0.3 is 10.1 Å². The lowest BCUT2D eigenvalue weighted by molar-refractivity contribution is 0.168. The highest BCUT2D eigenvalue weighted by Gasteiger charge is 2.04. The Bertz CT molecular complexity index is 630. The zero-order valence-electron chi connectivity index (χ0n) is 11.3. The first-order valence-electron chi connectivity index (χ1n) is 6.34. The van der Waals surface area contributed by atoms with E-state index in [0.717, 1.165) is 12.1 Å². The molecule has 0 fully saturated rings. The number of hydrogen-bond donors (Lipinski definition) is 2. The van der Waals surface area contributed by atoms with E-state index in [1.54, 1.807) is 31.2 Å². The van der Waals surface area contributed by atoms with Crippen molar-refractivity contribution in [2.75, 3.05) is 17.2 Å². The third kappa shape index (κ3) is 4.17. The predicted octanol–water partition coefficient (Wildman–Crippen LogP) is 4.28. The van der Waals surface area contributed by atoms with Gasteiger partial charge in [0.05, 0.1) is 6.61 Å². The lowest BCUT2D eigenvalue weighted by Gasteiger charge is -2.09. The van der Waals surface area contributed by atoms with Crippen LogP contribution in [0.25, 0.3) is 0 Å².